The Morgan fingerprint density at radius 1 is 1.48 bits per heavy atom. The van der Waals surface area contributed by atoms with Gasteiger partial charge >= 0.3 is 0 Å². The zero-order chi connectivity index (χ0) is 16.9. The van der Waals surface area contributed by atoms with E-state index < -0.39 is 0 Å². The summed E-state index contributed by atoms with van der Waals surface area (Å²) < 4.78 is 5.26. The van der Waals surface area contributed by atoms with Gasteiger partial charge in [0, 0.05) is 31.0 Å². The number of aliphatic imine (C=N–C) groups is 1. The molecule has 8 heteroatoms. The number of nitrogens with zero attached hydrogens (tertiary/aromatic N) is 3. The molecule has 1 atom stereocenters. The van der Waals surface area contributed by atoms with Gasteiger partial charge in [-0.05, 0) is 13.3 Å². The van der Waals surface area contributed by atoms with E-state index in [0.717, 1.165) is 13.0 Å². The van der Waals surface area contributed by atoms with E-state index >= 15 is 0 Å². The zero-order valence-electron chi connectivity index (χ0n) is 14.3. The van der Waals surface area contributed by atoms with Crippen LogP contribution in [0.2, 0.25) is 0 Å². The molecular formula is C15H26N6O2. The normalized spacial score (nSPS) is 19.4. The molecule has 0 saturated carbocycles. The van der Waals surface area contributed by atoms with E-state index in [1.54, 1.807) is 0 Å². The Hall–Kier alpha value is -2.12. The standard InChI is InChI=1S/C15H26N6O2/c1-5-16-14(19-10-6-7-12(22)17-8-10)18-9-11-20-13(23-21-11)15(2,3)4/h10H,5-9H2,1-4H3,(H,17,22)(H2,16,18,19). The van der Waals surface area contributed by atoms with Gasteiger partial charge in [0.25, 0.3) is 0 Å². The van der Waals surface area contributed by atoms with Gasteiger partial charge in [0.1, 0.15) is 6.54 Å². The molecule has 1 aromatic heterocycles. The third-order valence-electron chi connectivity index (χ3n) is 3.44. The van der Waals surface area contributed by atoms with E-state index in [9.17, 15) is 4.79 Å². The molecule has 2 rings (SSSR count). The summed E-state index contributed by atoms with van der Waals surface area (Å²) in [5, 5.41) is 13.3. The van der Waals surface area contributed by atoms with Gasteiger partial charge in [-0.3, -0.25) is 4.79 Å². The predicted octanol–water partition coefficient (Wildman–Crippen LogP) is 0.701. The highest BCUT2D eigenvalue weighted by molar-refractivity contribution is 5.81. The molecule has 23 heavy (non-hydrogen) atoms. The second-order valence-electron chi connectivity index (χ2n) is 6.64. The first-order chi connectivity index (χ1) is 10.9. The number of guanidine groups is 1. The van der Waals surface area contributed by atoms with Gasteiger partial charge in [0.15, 0.2) is 11.8 Å². The Morgan fingerprint density at radius 2 is 2.26 bits per heavy atom. The van der Waals surface area contributed by atoms with Crippen molar-refractivity contribution in [3.8, 4) is 0 Å². The quantitative estimate of drug-likeness (QED) is 0.557. The van der Waals surface area contributed by atoms with Crippen molar-refractivity contribution in [2.24, 2.45) is 4.99 Å². The molecule has 0 aromatic carbocycles. The Kier molecular flexibility index (Phi) is 5.57. The molecule has 0 spiro atoms. The van der Waals surface area contributed by atoms with E-state index in [0.29, 0.717) is 37.2 Å². The number of hydrogen-bond donors (Lipinski definition) is 3. The minimum absolute atomic E-state index is 0.103. The summed E-state index contributed by atoms with van der Waals surface area (Å²) in [6, 6.07) is 0.181. The van der Waals surface area contributed by atoms with Crippen molar-refractivity contribution in [2.75, 3.05) is 13.1 Å². The highest BCUT2D eigenvalue weighted by Crippen LogP contribution is 2.19. The number of carbonyl (C=O) groups excluding carboxylic acids is 1. The second kappa shape index (κ2) is 7.43. The van der Waals surface area contributed by atoms with Crippen LogP contribution in [-0.4, -0.2) is 41.1 Å². The van der Waals surface area contributed by atoms with Gasteiger partial charge in [0.05, 0.1) is 0 Å². The van der Waals surface area contributed by atoms with Crippen LogP contribution < -0.4 is 16.0 Å². The monoisotopic (exact) mass is 322 g/mol. The third-order valence-corrected chi connectivity index (χ3v) is 3.44. The minimum Gasteiger partial charge on any atom is -0.357 e. The van der Waals surface area contributed by atoms with Crippen LogP contribution in [0.25, 0.3) is 0 Å². The Balaban J connectivity index is 1.95. The number of rotatable bonds is 4. The first kappa shape index (κ1) is 17.2. The minimum atomic E-state index is -0.169. The molecule has 3 N–H and O–H groups in total. The van der Waals surface area contributed by atoms with E-state index in [4.69, 9.17) is 4.52 Å². The van der Waals surface area contributed by atoms with E-state index in [1.807, 2.05) is 27.7 Å². The average molecular weight is 322 g/mol. The third kappa shape index (κ3) is 5.22. The molecule has 2 heterocycles. The summed E-state index contributed by atoms with van der Waals surface area (Å²) in [6.07, 6.45) is 1.34. The van der Waals surface area contributed by atoms with Crippen LogP contribution >= 0.6 is 0 Å². The van der Waals surface area contributed by atoms with Gasteiger partial charge in [-0.25, -0.2) is 4.99 Å². The van der Waals surface area contributed by atoms with Gasteiger partial charge < -0.3 is 20.5 Å². The fraction of sp³-hybridized carbons (Fsp3) is 0.733. The second-order valence-corrected chi connectivity index (χ2v) is 6.64. The highest BCUT2D eigenvalue weighted by atomic mass is 16.5. The fourth-order valence-electron chi connectivity index (χ4n) is 2.14. The molecule has 0 bridgehead atoms. The van der Waals surface area contributed by atoms with E-state index in [1.165, 1.54) is 0 Å². The lowest BCUT2D eigenvalue weighted by Gasteiger charge is -2.25. The summed E-state index contributed by atoms with van der Waals surface area (Å²) in [5.74, 6) is 1.96. The van der Waals surface area contributed by atoms with Crippen LogP contribution in [-0.2, 0) is 16.8 Å². The van der Waals surface area contributed by atoms with Gasteiger partial charge in [-0.2, -0.15) is 4.98 Å². The number of amides is 1. The van der Waals surface area contributed by atoms with Crippen molar-refractivity contribution < 1.29 is 9.32 Å². The van der Waals surface area contributed by atoms with Crippen molar-refractivity contribution in [1.82, 2.24) is 26.1 Å². The Morgan fingerprint density at radius 3 is 2.83 bits per heavy atom. The number of aromatic nitrogens is 2. The summed E-state index contributed by atoms with van der Waals surface area (Å²) in [7, 11) is 0. The first-order valence-corrected chi connectivity index (χ1v) is 8.03. The molecule has 1 saturated heterocycles. The van der Waals surface area contributed by atoms with Crippen LogP contribution in [0.4, 0.5) is 0 Å². The van der Waals surface area contributed by atoms with Crippen LogP contribution in [0.15, 0.2) is 9.52 Å². The largest absolute Gasteiger partial charge is 0.357 e. The number of nitrogens with one attached hydrogen (secondary N) is 3. The lowest BCUT2D eigenvalue weighted by Crippen LogP contribution is -2.51. The average Bonchev–Trinajstić information content (AvgIpc) is 2.96. The van der Waals surface area contributed by atoms with Gasteiger partial charge in [0.2, 0.25) is 11.8 Å². The van der Waals surface area contributed by atoms with E-state index in [2.05, 4.69) is 31.1 Å². The first-order valence-electron chi connectivity index (χ1n) is 8.03. The van der Waals surface area contributed by atoms with Crippen LogP contribution in [0, 0.1) is 0 Å². The van der Waals surface area contributed by atoms with Crippen molar-refractivity contribution in [1.29, 1.82) is 0 Å². The smallest absolute Gasteiger partial charge is 0.232 e. The van der Waals surface area contributed by atoms with Crippen LogP contribution in [0.3, 0.4) is 0 Å². The molecule has 128 valence electrons. The van der Waals surface area contributed by atoms with E-state index in [-0.39, 0.29) is 17.4 Å². The molecule has 1 fully saturated rings. The molecular weight excluding hydrogens is 296 g/mol. The summed E-state index contributed by atoms with van der Waals surface area (Å²) in [4.78, 5) is 20.1. The van der Waals surface area contributed by atoms with Gasteiger partial charge in [-0.15, -0.1) is 0 Å². The molecule has 1 aliphatic rings. The predicted molar refractivity (Wildman–Crippen MR) is 87.0 cm³/mol. The maximum Gasteiger partial charge on any atom is 0.232 e. The molecule has 8 nitrogen and oxygen atoms in total. The van der Waals surface area contributed by atoms with Crippen LogP contribution in [0.5, 0.6) is 0 Å². The summed E-state index contributed by atoms with van der Waals surface area (Å²) in [6.45, 7) is 9.79. The Labute approximate surface area is 136 Å². The summed E-state index contributed by atoms with van der Waals surface area (Å²) >= 11 is 0. The van der Waals surface area contributed by atoms with Crippen molar-refractivity contribution in [3.63, 3.8) is 0 Å². The maximum absolute atomic E-state index is 11.2. The Bertz CT molecular complexity index is 551. The molecule has 0 radical (unpaired) electrons. The fourth-order valence-corrected chi connectivity index (χ4v) is 2.14. The van der Waals surface area contributed by atoms with Gasteiger partial charge in [-0.1, -0.05) is 25.9 Å². The topological polar surface area (TPSA) is 104 Å². The molecule has 1 aromatic rings. The van der Waals surface area contributed by atoms with Crippen molar-refractivity contribution >= 4 is 11.9 Å². The maximum atomic E-state index is 11.2. The SMILES string of the molecule is CCNC(=NCc1noc(C(C)(C)C)n1)NC1CCC(=O)NC1. The zero-order valence-corrected chi connectivity index (χ0v) is 14.3. The molecule has 0 aliphatic carbocycles. The molecule has 1 aliphatic heterocycles. The number of carbonyl (C=O) groups is 1. The number of piperidine rings is 1. The number of hydrogen-bond acceptors (Lipinski definition) is 5. The van der Waals surface area contributed by atoms with Crippen molar-refractivity contribution in [3.05, 3.63) is 11.7 Å². The molecule has 1 unspecified atom stereocenters. The lowest BCUT2D eigenvalue weighted by molar-refractivity contribution is -0.122. The van der Waals surface area contributed by atoms with Crippen LogP contribution in [0.1, 0.15) is 52.3 Å². The van der Waals surface area contributed by atoms with Crippen molar-refractivity contribution in [2.45, 2.75) is 58.5 Å². The molecule has 1 amide bonds. The lowest BCUT2D eigenvalue weighted by atomic mass is 9.97. The highest BCUT2D eigenvalue weighted by Gasteiger charge is 2.22. The summed E-state index contributed by atoms with van der Waals surface area (Å²) in [5.41, 5.74) is -0.169.